The predicted octanol–water partition coefficient (Wildman–Crippen LogP) is 2.28. The van der Waals surface area contributed by atoms with Gasteiger partial charge in [0, 0.05) is 44.1 Å². The minimum Gasteiger partial charge on any atom is -0.314 e. The fraction of sp³-hybridized carbons (Fsp3) is 0.500. The number of halogens is 2. The molecule has 0 saturated carbocycles. The van der Waals surface area contributed by atoms with Gasteiger partial charge in [0.25, 0.3) is 0 Å². The van der Waals surface area contributed by atoms with Crippen molar-refractivity contribution < 1.29 is 0 Å². The zero-order valence-corrected chi connectivity index (χ0v) is 13.5. The van der Waals surface area contributed by atoms with Crippen LogP contribution in [0, 0.1) is 6.92 Å². The molecule has 1 fully saturated rings. The first-order valence-corrected chi connectivity index (χ1v) is 6.62. The average molecular weight is 317 g/mol. The molecule has 0 unspecified atom stereocenters. The molecule has 0 amide bonds. The molecular weight excluding hydrogens is 295 g/mol. The monoisotopic (exact) mass is 316 g/mol. The Morgan fingerprint density at radius 3 is 2.85 bits per heavy atom. The maximum Gasteiger partial charge on any atom is 0.137 e. The molecule has 1 atom stereocenters. The van der Waals surface area contributed by atoms with Crippen molar-refractivity contribution in [2.24, 2.45) is 0 Å². The van der Waals surface area contributed by atoms with Gasteiger partial charge in [-0.2, -0.15) is 0 Å². The minimum atomic E-state index is 0. The van der Waals surface area contributed by atoms with Crippen LogP contribution < -0.4 is 5.32 Å². The van der Waals surface area contributed by atoms with Gasteiger partial charge in [0.1, 0.15) is 5.65 Å². The van der Waals surface area contributed by atoms with Gasteiger partial charge in [0.15, 0.2) is 0 Å². The second-order valence-electron chi connectivity index (χ2n) is 5.15. The molecule has 0 aromatic carbocycles. The Balaban J connectivity index is 0.000001000. The van der Waals surface area contributed by atoms with E-state index in [1.807, 2.05) is 0 Å². The summed E-state index contributed by atoms with van der Waals surface area (Å²) in [5.41, 5.74) is 3.45. The maximum atomic E-state index is 4.70. The summed E-state index contributed by atoms with van der Waals surface area (Å²) in [5.74, 6) is 0. The molecule has 112 valence electrons. The fourth-order valence-electron chi connectivity index (χ4n) is 2.60. The molecule has 0 radical (unpaired) electrons. The summed E-state index contributed by atoms with van der Waals surface area (Å²) in [6.07, 6.45) is 2.17. The first kappa shape index (κ1) is 17.2. The Hall–Kier alpha value is -0.810. The third-order valence-electron chi connectivity index (χ3n) is 3.75. The number of hydrogen-bond donors (Lipinski definition) is 1. The van der Waals surface area contributed by atoms with Crippen molar-refractivity contribution in [1.82, 2.24) is 19.6 Å². The van der Waals surface area contributed by atoms with Gasteiger partial charge < -0.3 is 9.72 Å². The third kappa shape index (κ3) is 3.44. The van der Waals surface area contributed by atoms with Crippen molar-refractivity contribution in [2.75, 3.05) is 19.6 Å². The number of nitrogens with zero attached hydrogens (tertiary/aromatic N) is 3. The van der Waals surface area contributed by atoms with Gasteiger partial charge in [-0.3, -0.25) is 4.90 Å². The molecule has 3 rings (SSSR count). The van der Waals surface area contributed by atoms with Gasteiger partial charge in [-0.15, -0.1) is 24.8 Å². The second kappa shape index (κ2) is 7.27. The molecule has 2 aromatic heterocycles. The van der Waals surface area contributed by atoms with Crippen molar-refractivity contribution in [3.8, 4) is 0 Å². The summed E-state index contributed by atoms with van der Waals surface area (Å²) in [6, 6.07) is 6.84. The van der Waals surface area contributed by atoms with Crippen LogP contribution in [-0.4, -0.2) is 40.0 Å². The predicted molar refractivity (Wildman–Crippen MR) is 87.2 cm³/mol. The number of rotatable bonds is 2. The number of fused-ring (bicyclic) bond motifs is 1. The maximum absolute atomic E-state index is 4.70. The van der Waals surface area contributed by atoms with Gasteiger partial charge in [-0.1, -0.05) is 6.07 Å². The molecule has 1 saturated heterocycles. The van der Waals surface area contributed by atoms with Crippen LogP contribution in [0.3, 0.4) is 0 Å². The van der Waals surface area contributed by atoms with Crippen LogP contribution in [0.5, 0.6) is 0 Å². The van der Waals surface area contributed by atoms with E-state index in [1.165, 1.54) is 5.69 Å². The van der Waals surface area contributed by atoms with Crippen LogP contribution in [0.25, 0.3) is 5.65 Å². The van der Waals surface area contributed by atoms with Crippen molar-refractivity contribution >= 4 is 30.5 Å². The smallest absolute Gasteiger partial charge is 0.137 e. The van der Waals surface area contributed by atoms with E-state index in [0.29, 0.717) is 6.04 Å². The summed E-state index contributed by atoms with van der Waals surface area (Å²) in [5, 5.41) is 3.42. The largest absolute Gasteiger partial charge is 0.314 e. The van der Waals surface area contributed by atoms with E-state index >= 15 is 0 Å². The van der Waals surface area contributed by atoms with Gasteiger partial charge >= 0.3 is 0 Å². The van der Waals surface area contributed by atoms with E-state index in [1.54, 1.807) is 0 Å². The molecular formula is C14H22Cl2N4. The highest BCUT2D eigenvalue weighted by atomic mass is 35.5. The first-order chi connectivity index (χ1) is 8.74. The zero-order valence-electron chi connectivity index (χ0n) is 11.9. The van der Waals surface area contributed by atoms with E-state index in [4.69, 9.17) is 4.98 Å². The average Bonchev–Trinajstić information content (AvgIpc) is 2.76. The van der Waals surface area contributed by atoms with Crippen molar-refractivity contribution in [1.29, 1.82) is 0 Å². The van der Waals surface area contributed by atoms with E-state index in [2.05, 4.69) is 52.9 Å². The van der Waals surface area contributed by atoms with E-state index in [9.17, 15) is 0 Å². The van der Waals surface area contributed by atoms with Crippen LogP contribution in [-0.2, 0) is 6.54 Å². The normalized spacial score (nSPS) is 19.4. The number of aromatic nitrogens is 2. The van der Waals surface area contributed by atoms with Gasteiger partial charge in [0.05, 0.1) is 5.69 Å². The number of imidazole rings is 1. The standard InChI is InChI=1S/C14H20N4.2ClH/c1-11-4-3-5-14-16-13(10-18(11)14)9-17-7-6-15-8-12(17)2;;/h3-5,10,12,15H,6-9H2,1-2H3;2*1H/t12-;;/m1../s1. The molecule has 3 heterocycles. The van der Waals surface area contributed by atoms with Crippen LogP contribution in [0.1, 0.15) is 18.3 Å². The number of pyridine rings is 1. The lowest BCUT2D eigenvalue weighted by molar-refractivity contribution is 0.164. The Morgan fingerprint density at radius 1 is 1.35 bits per heavy atom. The van der Waals surface area contributed by atoms with E-state index in [0.717, 1.165) is 37.5 Å². The number of hydrogen-bond acceptors (Lipinski definition) is 3. The Kier molecular flexibility index (Phi) is 6.27. The highest BCUT2D eigenvalue weighted by Crippen LogP contribution is 2.12. The molecule has 0 bridgehead atoms. The molecule has 6 heteroatoms. The summed E-state index contributed by atoms with van der Waals surface area (Å²) >= 11 is 0. The molecule has 1 aliphatic heterocycles. The quantitative estimate of drug-likeness (QED) is 0.922. The summed E-state index contributed by atoms with van der Waals surface area (Å²) in [4.78, 5) is 7.20. The molecule has 4 nitrogen and oxygen atoms in total. The van der Waals surface area contributed by atoms with Crippen LogP contribution in [0.2, 0.25) is 0 Å². The molecule has 0 aliphatic carbocycles. The van der Waals surface area contributed by atoms with Crippen LogP contribution in [0.15, 0.2) is 24.4 Å². The SMILES string of the molecule is Cc1cccc2nc(CN3CCNC[C@H]3C)cn12.Cl.Cl. The van der Waals surface area contributed by atoms with Crippen molar-refractivity contribution in [2.45, 2.75) is 26.4 Å². The Labute approximate surface area is 132 Å². The van der Waals surface area contributed by atoms with Gasteiger partial charge in [-0.05, 0) is 26.0 Å². The van der Waals surface area contributed by atoms with E-state index in [-0.39, 0.29) is 24.8 Å². The summed E-state index contributed by atoms with van der Waals surface area (Å²) < 4.78 is 2.17. The van der Waals surface area contributed by atoms with Crippen molar-refractivity contribution in [3.05, 3.63) is 35.8 Å². The summed E-state index contributed by atoms with van der Waals surface area (Å²) in [7, 11) is 0. The fourth-order valence-corrected chi connectivity index (χ4v) is 2.60. The van der Waals surface area contributed by atoms with Crippen molar-refractivity contribution in [3.63, 3.8) is 0 Å². The number of aryl methyl sites for hydroxylation is 1. The van der Waals surface area contributed by atoms with Crippen LogP contribution in [0.4, 0.5) is 0 Å². The molecule has 0 spiro atoms. The highest BCUT2D eigenvalue weighted by Gasteiger charge is 2.18. The lowest BCUT2D eigenvalue weighted by Gasteiger charge is -2.33. The Morgan fingerprint density at radius 2 is 2.15 bits per heavy atom. The molecule has 1 aliphatic rings. The topological polar surface area (TPSA) is 32.6 Å². The lowest BCUT2D eigenvalue weighted by atomic mass is 10.2. The number of piperazine rings is 1. The highest BCUT2D eigenvalue weighted by molar-refractivity contribution is 5.85. The molecule has 1 N–H and O–H groups in total. The second-order valence-corrected chi connectivity index (χ2v) is 5.15. The molecule has 20 heavy (non-hydrogen) atoms. The van der Waals surface area contributed by atoms with Crippen LogP contribution >= 0.6 is 24.8 Å². The Bertz CT molecular complexity index is 555. The zero-order chi connectivity index (χ0) is 12.5. The van der Waals surface area contributed by atoms with E-state index < -0.39 is 0 Å². The van der Waals surface area contributed by atoms with Gasteiger partial charge in [-0.25, -0.2) is 4.98 Å². The lowest BCUT2D eigenvalue weighted by Crippen LogP contribution is -2.49. The summed E-state index contributed by atoms with van der Waals surface area (Å²) in [6.45, 7) is 8.60. The molecule has 2 aromatic rings. The minimum absolute atomic E-state index is 0. The third-order valence-corrected chi connectivity index (χ3v) is 3.75. The number of nitrogens with one attached hydrogen (secondary N) is 1. The van der Waals surface area contributed by atoms with Gasteiger partial charge in [0.2, 0.25) is 0 Å². The first-order valence-electron chi connectivity index (χ1n) is 6.62.